The Kier molecular flexibility index (Phi) is 3.86. The minimum Gasteiger partial charge on any atom is -0.306 e. The molecule has 1 N–H and O–H groups in total. The van der Waals surface area contributed by atoms with Crippen LogP contribution in [0.1, 0.15) is 29.7 Å². The average molecular weight is 281 g/mol. The predicted octanol–water partition coefficient (Wildman–Crippen LogP) is 4.91. The maximum absolute atomic E-state index is 3.63. The number of hydrogen-bond donors (Lipinski definition) is 1. The van der Waals surface area contributed by atoms with Gasteiger partial charge in [0.25, 0.3) is 0 Å². The van der Waals surface area contributed by atoms with Gasteiger partial charge in [-0.2, -0.15) is 0 Å². The Morgan fingerprint density at radius 2 is 1.95 bits per heavy atom. The molecular weight excluding hydrogens is 262 g/mol. The van der Waals surface area contributed by atoms with E-state index in [9.17, 15) is 0 Å². The molecule has 1 nitrogen and oxygen atoms in total. The summed E-state index contributed by atoms with van der Waals surface area (Å²) < 4.78 is 1.36. The second kappa shape index (κ2) is 5.78. The molecule has 0 amide bonds. The van der Waals surface area contributed by atoms with Crippen LogP contribution in [-0.4, -0.2) is 6.54 Å². The van der Waals surface area contributed by atoms with Gasteiger partial charge in [-0.25, -0.2) is 0 Å². The monoisotopic (exact) mass is 281 g/mol. The second-order valence-corrected chi connectivity index (χ2v) is 6.00. The van der Waals surface area contributed by atoms with Crippen molar-refractivity contribution in [2.75, 3.05) is 6.54 Å². The summed E-state index contributed by atoms with van der Waals surface area (Å²) in [5, 5.41) is 7.29. The molecule has 0 aliphatic carbocycles. The van der Waals surface area contributed by atoms with Gasteiger partial charge in [0, 0.05) is 4.70 Å². The van der Waals surface area contributed by atoms with Crippen LogP contribution in [0, 0.1) is 6.92 Å². The first kappa shape index (κ1) is 13.3. The van der Waals surface area contributed by atoms with E-state index in [4.69, 9.17) is 0 Å². The van der Waals surface area contributed by atoms with E-state index in [1.807, 2.05) is 11.3 Å². The molecule has 1 unspecified atom stereocenters. The van der Waals surface area contributed by atoms with E-state index in [0.717, 1.165) is 6.54 Å². The average Bonchev–Trinajstić information content (AvgIpc) is 2.88. The third-order valence-corrected chi connectivity index (χ3v) is 4.59. The fourth-order valence-corrected chi connectivity index (χ4v) is 3.67. The third kappa shape index (κ3) is 2.49. The smallest absolute Gasteiger partial charge is 0.0591 e. The van der Waals surface area contributed by atoms with Crippen molar-refractivity contribution in [2.24, 2.45) is 0 Å². The molecule has 2 aromatic carbocycles. The van der Waals surface area contributed by atoms with Crippen molar-refractivity contribution >= 4 is 21.4 Å². The van der Waals surface area contributed by atoms with Crippen molar-refractivity contribution in [3.8, 4) is 0 Å². The number of aryl methyl sites for hydroxylation is 1. The van der Waals surface area contributed by atoms with E-state index >= 15 is 0 Å². The van der Waals surface area contributed by atoms with E-state index < -0.39 is 0 Å². The summed E-state index contributed by atoms with van der Waals surface area (Å²) in [6.07, 6.45) is 0. The van der Waals surface area contributed by atoms with E-state index in [-0.39, 0.29) is 6.04 Å². The Morgan fingerprint density at radius 1 is 1.10 bits per heavy atom. The van der Waals surface area contributed by atoms with E-state index in [0.29, 0.717) is 0 Å². The standard InChI is InChI=1S/C18H19NS/c1-3-19-18(14-8-6-7-13(2)11-14)16-12-20-17-10-5-4-9-15(16)17/h4-12,18-19H,3H2,1-2H3. The van der Waals surface area contributed by atoms with Crippen LogP contribution >= 0.6 is 11.3 Å². The molecular formula is C18H19NS. The number of hydrogen-bond acceptors (Lipinski definition) is 2. The van der Waals surface area contributed by atoms with Gasteiger partial charge in [-0.15, -0.1) is 11.3 Å². The van der Waals surface area contributed by atoms with Crippen molar-refractivity contribution < 1.29 is 0 Å². The quantitative estimate of drug-likeness (QED) is 0.716. The van der Waals surface area contributed by atoms with Gasteiger partial charge in [0.05, 0.1) is 6.04 Å². The molecule has 2 heteroatoms. The highest BCUT2D eigenvalue weighted by Gasteiger charge is 2.16. The molecule has 3 aromatic rings. The summed E-state index contributed by atoms with van der Waals surface area (Å²) in [6, 6.07) is 17.7. The van der Waals surface area contributed by atoms with Crippen LogP contribution in [0.2, 0.25) is 0 Å². The molecule has 0 saturated carbocycles. The molecule has 0 saturated heterocycles. The summed E-state index contributed by atoms with van der Waals surface area (Å²) in [5.41, 5.74) is 4.04. The molecule has 0 aliphatic rings. The zero-order valence-corrected chi connectivity index (χ0v) is 12.7. The fourth-order valence-electron chi connectivity index (χ4n) is 2.68. The summed E-state index contributed by atoms with van der Waals surface area (Å²) in [7, 11) is 0. The van der Waals surface area contributed by atoms with Crippen LogP contribution in [0.5, 0.6) is 0 Å². The maximum Gasteiger partial charge on any atom is 0.0591 e. The Bertz CT molecular complexity index is 714. The van der Waals surface area contributed by atoms with Crippen LogP contribution in [0.25, 0.3) is 10.1 Å². The van der Waals surface area contributed by atoms with Crippen LogP contribution in [0.4, 0.5) is 0 Å². The van der Waals surface area contributed by atoms with Crippen LogP contribution in [0.3, 0.4) is 0 Å². The van der Waals surface area contributed by atoms with Gasteiger partial charge in [0.1, 0.15) is 0 Å². The van der Waals surface area contributed by atoms with Crippen molar-refractivity contribution in [2.45, 2.75) is 19.9 Å². The largest absolute Gasteiger partial charge is 0.306 e. The molecule has 0 radical (unpaired) electrons. The Hall–Kier alpha value is -1.64. The van der Waals surface area contributed by atoms with Gasteiger partial charge in [-0.3, -0.25) is 0 Å². The summed E-state index contributed by atoms with van der Waals surface area (Å²) in [5.74, 6) is 0. The molecule has 3 rings (SSSR count). The van der Waals surface area contributed by atoms with Gasteiger partial charge in [0.15, 0.2) is 0 Å². The highest BCUT2D eigenvalue weighted by Crippen LogP contribution is 2.33. The van der Waals surface area contributed by atoms with Crippen LogP contribution in [-0.2, 0) is 0 Å². The minimum absolute atomic E-state index is 0.274. The van der Waals surface area contributed by atoms with Crippen LogP contribution < -0.4 is 5.32 Å². The lowest BCUT2D eigenvalue weighted by atomic mass is 9.97. The maximum atomic E-state index is 3.63. The Balaban J connectivity index is 2.11. The van der Waals surface area contributed by atoms with Crippen LogP contribution in [0.15, 0.2) is 53.9 Å². The third-order valence-electron chi connectivity index (χ3n) is 3.61. The molecule has 0 fully saturated rings. The topological polar surface area (TPSA) is 12.0 Å². The SMILES string of the molecule is CCNC(c1cccc(C)c1)c1csc2ccccc12. The molecule has 0 bridgehead atoms. The number of fused-ring (bicyclic) bond motifs is 1. The number of rotatable bonds is 4. The van der Waals surface area contributed by atoms with Gasteiger partial charge < -0.3 is 5.32 Å². The minimum atomic E-state index is 0.274. The summed E-state index contributed by atoms with van der Waals surface area (Å²) in [6.45, 7) is 5.28. The van der Waals surface area contributed by atoms with Gasteiger partial charge in [0.2, 0.25) is 0 Å². The summed E-state index contributed by atoms with van der Waals surface area (Å²) in [4.78, 5) is 0. The van der Waals surface area contributed by atoms with Gasteiger partial charge in [-0.1, -0.05) is 55.0 Å². The van der Waals surface area contributed by atoms with Crippen molar-refractivity contribution in [1.29, 1.82) is 0 Å². The molecule has 1 aromatic heterocycles. The van der Waals surface area contributed by atoms with Crippen molar-refractivity contribution in [1.82, 2.24) is 5.32 Å². The Labute approximate surface area is 124 Å². The number of nitrogens with one attached hydrogen (secondary N) is 1. The highest BCUT2D eigenvalue weighted by atomic mass is 32.1. The predicted molar refractivity (Wildman–Crippen MR) is 88.5 cm³/mol. The summed E-state index contributed by atoms with van der Waals surface area (Å²) >= 11 is 1.83. The first-order valence-corrected chi connectivity index (χ1v) is 7.93. The lowest BCUT2D eigenvalue weighted by molar-refractivity contribution is 0.635. The Morgan fingerprint density at radius 3 is 2.75 bits per heavy atom. The van der Waals surface area contributed by atoms with Crippen molar-refractivity contribution in [3.63, 3.8) is 0 Å². The van der Waals surface area contributed by atoms with Gasteiger partial charge in [-0.05, 0) is 41.4 Å². The first-order valence-electron chi connectivity index (χ1n) is 7.05. The molecule has 20 heavy (non-hydrogen) atoms. The molecule has 1 atom stereocenters. The molecule has 102 valence electrons. The highest BCUT2D eigenvalue weighted by molar-refractivity contribution is 7.17. The van der Waals surface area contributed by atoms with Crippen molar-refractivity contribution in [3.05, 3.63) is 70.6 Å². The lowest BCUT2D eigenvalue weighted by Gasteiger charge is -2.18. The lowest BCUT2D eigenvalue weighted by Crippen LogP contribution is -2.21. The van der Waals surface area contributed by atoms with Gasteiger partial charge >= 0.3 is 0 Å². The second-order valence-electron chi connectivity index (χ2n) is 5.09. The molecule has 0 aliphatic heterocycles. The zero-order chi connectivity index (χ0) is 13.9. The first-order chi connectivity index (χ1) is 9.79. The number of benzene rings is 2. The van der Waals surface area contributed by atoms with E-state index in [1.54, 1.807) is 0 Å². The normalized spacial score (nSPS) is 12.7. The fraction of sp³-hybridized carbons (Fsp3) is 0.222. The zero-order valence-electron chi connectivity index (χ0n) is 11.9. The molecule has 0 spiro atoms. The number of thiophene rings is 1. The molecule has 1 heterocycles. The van der Waals surface area contributed by atoms with E-state index in [1.165, 1.54) is 26.8 Å². The van der Waals surface area contributed by atoms with E-state index in [2.05, 4.69) is 73.1 Å².